The predicted molar refractivity (Wildman–Crippen MR) is 76.6 cm³/mol. The zero-order valence-corrected chi connectivity index (χ0v) is 11.4. The van der Waals surface area contributed by atoms with E-state index in [1.165, 1.54) is 12.5 Å². The summed E-state index contributed by atoms with van der Waals surface area (Å²) in [6.45, 7) is 5.67. The number of ketones is 1. The Morgan fingerprint density at radius 1 is 1.05 bits per heavy atom. The van der Waals surface area contributed by atoms with Crippen molar-refractivity contribution in [2.24, 2.45) is 0 Å². The van der Waals surface area contributed by atoms with Gasteiger partial charge < -0.3 is 4.98 Å². The molecule has 3 heteroatoms. The highest BCUT2D eigenvalue weighted by Crippen LogP contribution is 2.20. The fourth-order valence-electron chi connectivity index (χ4n) is 1.97. The van der Waals surface area contributed by atoms with Crippen LogP contribution >= 0.6 is 0 Å². The van der Waals surface area contributed by atoms with Crippen LogP contribution in [0.4, 0.5) is 0 Å². The molecule has 0 unspecified atom stereocenters. The second-order valence-corrected chi connectivity index (χ2v) is 4.95. The standard InChI is InChI=1S/C16H17NO2/c1-10(2)12-4-6-13(7-5-12)15-9-8-14(11(3)18)16(19)17-15/h4-10H,1-3H3,(H,17,19). The third-order valence-corrected chi connectivity index (χ3v) is 3.18. The van der Waals surface area contributed by atoms with Crippen molar-refractivity contribution in [1.29, 1.82) is 0 Å². The Morgan fingerprint density at radius 2 is 1.68 bits per heavy atom. The molecule has 0 fully saturated rings. The Balaban J connectivity index is 2.40. The molecule has 0 aliphatic carbocycles. The van der Waals surface area contributed by atoms with Crippen molar-refractivity contribution < 1.29 is 4.79 Å². The van der Waals surface area contributed by atoms with Crippen molar-refractivity contribution in [3.8, 4) is 11.3 Å². The van der Waals surface area contributed by atoms with Crippen LogP contribution < -0.4 is 5.56 Å². The van der Waals surface area contributed by atoms with Gasteiger partial charge in [0.25, 0.3) is 5.56 Å². The van der Waals surface area contributed by atoms with Crippen molar-refractivity contribution in [3.63, 3.8) is 0 Å². The van der Waals surface area contributed by atoms with Gasteiger partial charge in [0.15, 0.2) is 5.78 Å². The van der Waals surface area contributed by atoms with Crippen molar-refractivity contribution in [2.45, 2.75) is 26.7 Å². The number of rotatable bonds is 3. The summed E-state index contributed by atoms with van der Waals surface area (Å²) >= 11 is 0. The Bertz CT molecular complexity index is 651. The predicted octanol–water partition coefficient (Wildman–Crippen LogP) is 3.37. The third-order valence-electron chi connectivity index (χ3n) is 3.18. The number of aromatic nitrogens is 1. The highest BCUT2D eigenvalue weighted by molar-refractivity contribution is 5.93. The maximum atomic E-state index is 11.8. The molecule has 1 N–H and O–H groups in total. The zero-order chi connectivity index (χ0) is 14.0. The van der Waals surface area contributed by atoms with Gasteiger partial charge in [-0.25, -0.2) is 0 Å². The number of carbonyl (C=O) groups excluding carboxylic acids is 1. The van der Waals surface area contributed by atoms with Gasteiger partial charge in [0.2, 0.25) is 0 Å². The fourth-order valence-corrected chi connectivity index (χ4v) is 1.97. The molecule has 0 bridgehead atoms. The first-order chi connectivity index (χ1) is 8.99. The third kappa shape index (κ3) is 2.81. The minimum atomic E-state index is -0.335. The van der Waals surface area contributed by atoms with Gasteiger partial charge in [-0.2, -0.15) is 0 Å². The van der Waals surface area contributed by atoms with E-state index in [4.69, 9.17) is 0 Å². The smallest absolute Gasteiger partial charge is 0.259 e. The molecule has 1 aromatic heterocycles. The topological polar surface area (TPSA) is 49.9 Å². The zero-order valence-electron chi connectivity index (χ0n) is 11.4. The van der Waals surface area contributed by atoms with E-state index >= 15 is 0 Å². The average Bonchev–Trinajstić information content (AvgIpc) is 2.38. The molecule has 1 aromatic carbocycles. The second kappa shape index (κ2) is 5.22. The van der Waals surface area contributed by atoms with Crippen LogP contribution in [0.1, 0.15) is 42.6 Å². The van der Waals surface area contributed by atoms with Crippen molar-refractivity contribution >= 4 is 5.78 Å². The lowest BCUT2D eigenvalue weighted by atomic mass is 10.0. The Labute approximate surface area is 112 Å². The molecule has 0 saturated heterocycles. The van der Waals surface area contributed by atoms with E-state index in [-0.39, 0.29) is 16.9 Å². The molecule has 0 atom stereocenters. The number of hydrogen-bond acceptors (Lipinski definition) is 2. The van der Waals surface area contributed by atoms with Gasteiger partial charge in [-0.1, -0.05) is 38.1 Å². The molecular weight excluding hydrogens is 238 g/mol. The molecule has 0 spiro atoms. The van der Waals surface area contributed by atoms with E-state index in [1.54, 1.807) is 12.1 Å². The molecule has 1 heterocycles. The molecule has 2 aromatic rings. The Morgan fingerprint density at radius 3 is 2.16 bits per heavy atom. The number of benzene rings is 1. The van der Waals surface area contributed by atoms with Gasteiger partial charge in [0.1, 0.15) is 0 Å². The van der Waals surface area contributed by atoms with Crippen molar-refractivity contribution in [3.05, 3.63) is 57.9 Å². The first-order valence-corrected chi connectivity index (χ1v) is 6.33. The van der Waals surface area contributed by atoms with E-state index in [0.717, 1.165) is 11.3 Å². The lowest BCUT2D eigenvalue weighted by Crippen LogP contribution is -2.15. The van der Waals surface area contributed by atoms with Gasteiger partial charge in [-0.15, -0.1) is 0 Å². The summed E-state index contributed by atoms with van der Waals surface area (Å²) < 4.78 is 0. The summed E-state index contributed by atoms with van der Waals surface area (Å²) in [5.74, 6) is 0.260. The van der Waals surface area contributed by atoms with E-state index in [1.807, 2.05) is 12.1 Å². The van der Waals surface area contributed by atoms with Gasteiger partial charge in [0.05, 0.1) is 5.56 Å². The van der Waals surface area contributed by atoms with E-state index in [2.05, 4.69) is 31.0 Å². The summed E-state index contributed by atoms with van der Waals surface area (Å²) in [6.07, 6.45) is 0. The van der Waals surface area contributed by atoms with Crippen LogP contribution in [0.2, 0.25) is 0 Å². The highest BCUT2D eigenvalue weighted by atomic mass is 16.1. The van der Waals surface area contributed by atoms with Crippen molar-refractivity contribution in [2.75, 3.05) is 0 Å². The second-order valence-electron chi connectivity index (χ2n) is 4.95. The monoisotopic (exact) mass is 255 g/mol. The molecule has 0 aliphatic heterocycles. The quantitative estimate of drug-likeness (QED) is 0.855. The number of Topliss-reactive ketones (excluding diaryl/α,β-unsaturated/α-hetero) is 1. The molecule has 3 nitrogen and oxygen atoms in total. The minimum absolute atomic E-state index is 0.197. The SMILES string of the molecule is CC(=O)c1ccc(-c2ccc(C(C)C)cc2)[nH]c1=O. The number of H-pyrrole nitrogens is 1. The lowest BCUT2D eigenvalue weighted by molar-refractivity contribution is 0.101. The molecule has 0 amide bonds. The summed E-state index contributed by atoms with van der Waals surface area (Å²) in [5, 5.41) is 0. The summed E-state index contributed by atoms with van der Waals surface area (Å²) in [7, 11) is 0. The van der Waals surface area contributed by atoms with Crippen LogP contribution in [-0.4, -0.2) is 10.8 Å². The maximum Gasteiger partial charge on any atom is 0.259 e. The van der Waals surface area contributed by atoms with Crippen LogP contribution in [-0.2, 0) is 0 Å². The molecule has 98 valence electrons. The Kier molecular flexibility index (Phi) is 3.65. The number of carbonyl (C=O) groups is 1. The molecule has 2 rings (SSSR count). The van der Waals surface area contributed by atoms with E-state index in [0.29, 0.717) is 5.92 Å². The van der Waals surface area contributed by atoms with E-state index in [9.17, 15) is 9.59 Å². The van der Waals surface area contributed by atoms with Gasteiger partial charge in [-0.3, -0.25) is 9.59 Å². The summed E-state index contributed by atoms with van der Waals surface area (Å²) in [5.41, 5.74) is 2.79. The largest absolute Gasteiger partial charge is 0.321 e. The van der Waals surface area contributed by atoms with Gasteiger partial charge in [0, 0.05) is 5.69 Å². The number of pyridine rings is 1. The van der Waals surface area contributed by atoms with Gasteiger partial charge >= 0.3 is 0 Å². The van der Waals surface area contributed by atoms with Crippen molar-refractivity contribution in [1.82, 2.24) is 4.98 Å². The number of nitrogens with one attached hydrogen (secondary N) is 1. The van der Waals surface area contributed by atoms with Crippen LogP contribution in [0.3, 0.4) is 0 Å². The first-order valence-electron chi connectivity index (χ1n) is 6.33. The van der Waals surface area contributed by atoms with Crippen LogP contribution in [0, 0.1) is 0 Å². The molecule has 19 heavy (non-hydrogen) atoms. The first kappa shape index (κ1) is 13.3. The van der Waals surface area contributed by atoms with Crippen LogP contribution in [0.15, 0.2) is 41.2 Å². The minimum Gasteiger partial charge on any atom is -0.321 e. The number of hydrogen-bond donors (Lipinski definition) is 1. The number of aromatic amines is 1. The fraction of sp³-hybridized carbons (Fsp3) is 0.250. The molecular formula is C16H17NO2. The average molecular weight is 255 g/mol. The lowest BCUT2D eigenvalue weighted by Gasteiger charge is -2.07. The van der Waals surface area contributed by atoms with Crippen LogP contribution in [0.5, 0.6) is 0 Å². The molecule has 0 aliphatic rings. The maximum absolute atomic E-state index is 11.8. The Hall–Kier alpha value is -2.16. The molecule has 0 radical (unpaired) electrons. The molecule has 0 saturated carbocycles. The van der Waals surface area contributed by atoms with E-state index < -0.39 is 0 Å². The van der Waals surface area contributed by atoms with Crippen LogP contribution in [0.25, 0.3) is 11.3 Å². The summed E-state index contributed by atoms with van der Waals surface area (Å²) in [4.78, 5) is 25.7. The highest BCUT2D eigenvalue weighted by Gasteiger charge is 2.07. The normalized spacial score (nSPS) is 10.7. The summed E-state index contributed by atoms with van der Waals surface area (Å²) in [6, 6.07) is 11.4. The van der Waals surface area contributed by atoms with Gasteiger partial charge in [-0.05, 0) is 36.1 Å².